The van der Waals surface area contributed by atoms with Crippen LogP contribution >= 0.6 is 34.0 Å². The molecule has 30 rings (SSSR count). The van der Waals surface area contributed by atoms with Gasteiger partial charge in [0.25, 0.3) is 0 Å². The molecule has 0 aliphatic heterocycles. The van der Waals surface area contributed by atoms with E-state index in [2.05, 4.69) is 499 Å². The van der Waals surface area contributed by atoms with Gasteiger partial charge in [-0.3, -0.25) is 0 Å². The van der Waals surface area contributed by atoms with E-state index < -0.39 is 0 Å². The molecule has 0 atom stereocenters. The normalized spacial score (nSPS) is 11.8. The fourth-order valence-electron chi connectivity index (χ4n) is 21.9. The highest BCUT2D eigenvalue weighted by atomic mass is 32.1. The molecule has 0 radical (unpaired) electrons. The SMILES string of the molecule is c1ccc(-c2ccc3c(c2)oc2cc(-c4cccc(-c5cccc6sc7c8ccccc8n(-c8ccccc8)c7c56)c4)ccc23)cc1.c1ccc(-c2ccc3oc4c(-c5cccc(-c6cccc7sc8c9ccccc9n(-c9ccccc9)c8c67)c5)cccc4c3c2)cc1.c1ccc(-c2cccc3c2oc2cccc(-c4cccc(-c5cccc6sc7c8ccccc8n(-c8ccccc8)c7c56)c4)c23)cc1. The van der Waals surface area contributed by atoms with Crippen LogP contribution in [0.5, 0.6) is 0 Å². The zero-order valence-electron chi connectivity index (χ0n) is 76.1. The number of hydrogen-bond acceptors (Lipinski definition) is 6. The minimum atomic E-state index is 0.903. The minimum absolute atomic E-state index is 0.903. The molecule has 6 nitrogen and oxygen atoms in total. The fraction of sp³-hybridized carbons (Fsp3) is 0. The molecular weight excluding hydrogens is 1770 g/mol. The van der Waals surface area contributed by atoms with Crippen molar-refractivity contribution in [2.45, 2.75) is 0 Å². The third-order valence-corrected chi connectivity index (χ3v) is 31.8. The van der Waals surface area contributed by atoms with E-state index in [1.54, 1.807) is 0 Å². The van der Waals surface area contributed by atoms with Gasteiger partial charge in [0.05, 0.1) is 47.2 Å². The maximum absolute atomic E-state index is 6.59. The Bertz CT molecular complexity index is 10200. The van der Waals surface area contributed by atoms with Gasteiger partial charge >= 0.3 is 0 Å². The molecule has 0 N–H and O–H groups in total. The summed E-state index contributed by atoms with van der Waals surface area (Å²) in [6, 6.07) is 176. The Morgan fingerprint density at radius 3 is 0.908 bits per heavy atom. The number of hydrogen-bond donors (Lipinski definition) is 0. The molecule has 0 spiro atoms. The lowest BCUT2D eigenvalue weighted by Crippen LogP contribution is -1.93. The number of benzene rings is 21. The molecule has 9 heteroatoms. The maximum Gasteiger partial charge on any atom is 0.143 e. The van der Waals surface area contributed by atoms with Crippen LogP contribution in [0.1, 0.15) is 0 Å². The lowest BCUT2D eigenvalue weighted by molar-refractivity contribution is 0.669. The number of thiophene rings is 3. The molecule has 9 aromatic heterocycles. The molecule has 30 aromatic rings. The van der Waals surface area contributed by atoms with Crippen LogP contribution in [0.15, 0.2) is 505 Å². The number of rotatable bonds is 12. The predicted octanol–water partition coefficient (Wildman–Crippen LogP) is 38.7. The Labute approximate surface area is 822 Å². The van der Waals surface area contributed by atoms with Gasteiger partial charge in [-0.25, -0.2) is 0 Å². The van der Waals surface area contributed by atoms with Gasteiger partial charge in [0.2, 0.25) is 0 Å². The van der Waals surface area contributed by atoms with Crippen molar-refractivity contribution >= 4 is 193 Å². The average Bonchev–Trinajstić information content (AvgIpc) is 1.56. The zero-order chi connectivity index (χ0) is 92.7. The first-order chi connectivity index (χ1) is 69.9. The van der Waals surface area contributed by atoms with E-state index >= 15 is 0 Å². The lowest BCUT2D eigenvalue weighted by atomic mass is 9.94. The predicted molar refractivity (Wildman–Crippen MR) is 599 cm³/mol. The van der Waals surface area contributed by atoms with Crippen molar-refractivity contribution in [2.24, 2.45) is 0 Å². The lowest BCUT2D eigenvalue weighted by Gasteiger charge is -2.11. The van der Waals surface area contributed by atoms with Crippen LogP contribution < -0.4 is 0 Å². The van der Waals surface area contributed by atoms with Crippen LogP contribution in [0, 0.1) is 0 Å². The van der Waals surface area contributed by atoms with Crippen molar-refractivity contribution in [3.63, 3.8) is 0 Å². The maximum atomic E-state index is 6.59. The van der Waals surface area contributed by atoms with Crippen LogP contribution in [0.4, 0.5) is 0 Å². The van der Waals surface area contributed by atoms with Crippen molar-refractivity contribution in [1.82, 2.24) is 13.7 Å². The highest BCUT2D eigenvalue weighted by Gasteiger charge is 2.27. The summed E-state index contributed by atoms with van der Waals surface area (Å²) in [7, 11) is 0. The van der Waals surface area contributed by atoms with Gasteiger partial charge in [0.15, 0.2) is 0 Å². The van der Waals surface area contributed by atoms with E-state index in [9.17, 15) is 0 Å². The summed E-state index contributed by atoms with van der Waals surface area (Å²) >= 11 is 5.66. The van der Waals surface area contributed by atoms with E-state index in [-0.39, 0.29) is 0 Å². The Morgan fingerprint density at radius 2 is 0.454 bits per heavy atom. The van der Waals surface area contributed by atoms with Gasteiger partial charge in [-0.2, -0.15) is 0 Å². The topological polar surface area (TPSA) is 54.2 Å². The minimum Gasteiger partial charge on any atom is -0.456 e. The molecule has 0 aliphatic rings. The van der Waals surface area contributed by atoms with E-state index in [1.807, 2.05) is 40.1 Å². The molecular formula is C132H81N3O3S3. The quantitative estimate of drug-likeness (QED) is 0.122. The highest BCUT2D eigenvalue weighted by Crippen LogP contribution is 2.53. The van der Waals surface area contributed by atoms with Crippen molar-refractivity contribution in [1.29, 1.82) is 0 Å². The number of aromatic nitrogens is 3. The molecule has 141 heavy (non-hydrogen) atoms. The van der Waals surface area contributed by atoms with Gasteiger partial charge in [-0.1, -0.05) is 358 Å². The second kappa shape index (κ2) is 33.6. The van der Waals surface area contributed by atoms with Gasteiger partial charge in [-0.15, -0.1) is 34.0 Å². The fourth-order valence-corrected chi connectivity index (χ4v) is 25.6. The van der Waals surface area contributed by atoms with Crippen LogP contribution in [0.2, 0.25) is 0 Å². The summed E-state index contributed by atoms with van der Waals surface area (Å²) < 4.78 is 34.8. The van der Waals surface area contributed by atoms with E-state index in [1.165, 1.54) is 177 Å². The molecule has 0 fully saturated rings. The van der Waals surface area contributed by atoms with Crippen molar-refractivity contribution in [3.8, 4) is 117 Å². The summed E-state index contributed by atoms with van der Waals surface area (Å²) in [5.74, 6) is 0. The van der Waals surface area contributed by atoms with E-state index in [0.29, 0.717) is 0 Å². The number of nitrogens with zero attached hydrogens (tertiary/aromatic N) is 3. The average molecular weight is 1850 g/mol. The van der Waals surface area contributed by atoms with Gasteiger partial charge in [0, 0.05) is 107 Å². The third kappa shape index (κ3) is 13.6. The standard InChI is InChI=1S/3C44H27NOS/c1-3-13-28(14-4-1)34-22-10-23-36-40-32(20-11-25-38(40)46-43(34)36)29-15-9-16-30(27-29)33-21-12-26-39-41(33)42-44(47-39)35-19-7-8-24-37(35)45(42)31-17-5-2-6-18-31;1-3-12-28(13-4-1)29-24-25-39-37(27-29)35-21-10-20-34(43(35)46-39)31-15-9-14-30(26-31)33-19-11-23-40-41(33)42-44(47-40)36-18-7-8-22-38(36)45(42)32-16-5-2-6-17-32;1-3-11-28(12-4-1)30-21-23-35-36-24-22-31(27-40(36)46-39(35)26-30)29-13-9-14-32(25-29)34-18-10-20-41-42(34)43-44(47-41)37-17-7-8-19-38(37)45(43)33-15-5-2-6-16-33/h3*1-27H. The third-order valence-electron chi connectivity index (χ3n) is 28.2. The Morgan fingerprint density at radius 1 is 0.156 bits per heavy atom. The number of fused-ring (bicyclic) bond motifs is 24. The molecule has 660 valence electrons. The van der Waals surface area contributed by atoms with Crippen molar-refractivity contribution in [3.05, 3.63) is 491 Å². The number of para-hydroxylation sites is 8. The molecule has 21 aromatic carbocycles. The second-order valence-corrected chi connectivity index (χ2v) is 39.4. The summed E-state index contributed by atoms with van der Waals surface area (Å²) in [6.07, 6.45) is 0. The first-order valence-corrected chi connectivity index (χ1v) is 50.2. The largest absolute Gasteiger partial charge is 0.456 e. The van der Waals surface area contributed by atoms with Crippen LogP contribution in [-0.4, -0.2) is 13.7 Å². The van der Waals surface area contributed by atoms with E-state index in [0.717, 1.165) is 99.2 Å². The monoisotopic (exact) mass is 1850 g/mol. The molecule has 0 unspecified atom stereocenters. The first kappa shape index (κ1) is 81.6. The smallest absolute Gasteiger partial charge is 0.143 e. The summed E-state index contributed by atoms with van der Waals surface area (Å²) in [5, 5.41) is 14.6. The van der Waals surface area contributed by atoms with Crippen LogP contribution in [0.25, 0.3) is 277 Å². The highest BCUT2D eigenvalue weighted by molar-refractivity contribution is 7.27. The van der Waals surface area contributed by atoms with Crippen molar-refractivity contribution in [2.75, 3.05) is 0 Å². The second-order valence-electron chi connectivity index (χ2n) is 36.3. The molecule has 0 saturated carbocycles. The summed E-state index contributed by atoms with van der Waals surface area (Å²) in [5.41, 5.74) is 37.8. The Kier molecular flexibility index (Phi) is 19.5. The Hall–Kier alpha value is -17.7. The van der Waals surface area contributed by atoms with Gasteiger partial charge in [-0.05, 0) is 222 Å². The van der Waals surface area contributed by atoms with Crippen LogP contribution in [-0.2, 0) is 0 Å². The Balaban J connectivity index is 0.000000104. The molecule has 0 saturated heterocycles. The van der Waals surface area contributed by atoms with Crippen LogP contribution in [0.3, 0.4) is 0 Å². The summed E-state index contributed by atoms with van der Waals surface area (Å²) in [6.45, 7) is 0. The molecule has 0 aliphatic carbocycles. The van der Waals surface area contributed by atoms with Gasteiger partial charge in [0.1, 0.15) is 33.5 Å². The first-order valence-electron chi connectivity index (χ1n) is 47.8. The molecule has 0 bridgehead atoms. The number of furan rings is 3. The van der Waals surface area contributed by atoms with Crippen molar-refractivity contribution < 1.29 is 13.3 Å². The van der Waals surface area contributed by atoms with E-state index in [4.69, 9.17) is 13.3 Å². The van der Waals surface area contributed by atoms with Gasteiger partial charge < -0.3 is 27.0 Å². The zero-order valence-corrected chi connectivity index (χ0v) is 78.5. The summed E-state index contributed by atoms with van der Waals surface area (Å²) in [4.78, 5) is 0. The molecule has 9 heterocycles. The molecule has 0 amide bonds.